The van der Waals surface area contributed by atoms with Gasteiger partial charge in [0.1, 0.15) is 5.82 Å². The predicted molar refractivity (Wildman–Crippen MR) is 84.0 cm³/mol. The van der Waals surface area contributed by atoms with Crippen LogP contribution in [-0.2, 0) is 19.4 Å². The van der Waals surface area contributed by atoms with E-state index in [0.29, 0.717) is 6.04 Å². The number of imidazole rings is 1. The zero-order valence-corrected chi connectivity index (χ0v) is 12.8. The third-order valence-electron chi connectivity index (χ3n) is 3.46. The van der Waals surface area contributed by atoms with Gasteiger partial charge in [0.2, 0.25) is 0 Å². The van der Waals surface area contributed by atoms with Crippen LogP contribution in [0.25, 0.3) is 0 Å². The summed E-state index contributed by atoms with van der Waals surface area (Å²) in [5.74, 6) is 1.15. The zero-order valence-electron chi connectivity index (χ0n) is 12.8. The number of benzene rings is 1. The molecule has 3 heteroatoms. The van der Waals surface area contributed by atoms with Crippen molar-refractivity contribution in [1.29, 1.82) is 0 Å². The molecule has 0 aliphatic heterocycles. The van der Waals surface area contributed by atoms with Crippen LogP contribution < -0.4 is 5.32 Å². The van der Waals surface area contributed by atoms with Crippen LogP contribution in [0.3, 0.4) is 0 Å². The summed E-state index contributed by atoms with van der Waals surface area (Å²) in [5.41, 5.74) is 2.72. The van der Waals surface area contributed by atoms with E-state index in [9.17, 15) is 0 Å². The number of nitrogens with zero attached hydrogens (tertiary/aromatic N) is 2. The average molecular weight is 271 g/mol. The summed E-state index contributed by atoms with van der Waals surface area (Å²) in [7, 11) is 0. The zero-order chi connectivity index (χ0) is 14.4. The monoisotopic (exact) mass is 271 g/mol. The first-order valence-electron chi connectivity index (χ1n) is 7.50. The van der Waals surface area contributed by atoms with Crippen molar-refractivity contribution in [2.45, 2.75) is 46.2 Å². The van der Waals surface area contributed by atoms with E-state index in [4.69, 9.17) is 0 Å². The first kappa shape index (κ1) is 14.8. The van der Waals surface area contributed by atoms with E-state index in [1.54, 1.807) is 0 Å². The Bertz CT molecular complexity index is 511. The van der Waals surface area contributed by atoms with E-state index in [1.165, 1.54) is 11.1 Å². The van der Waals surface area contributed by atoms with Gasteiger partial charge in [-0.15, -0.1) is 0 Å². The van der Waals surface area contributed by atoms with Crippen molar-refractivity contribution >= 4 is 0 Å². The molecule has 0 fully saturated rings. The minimum absolute atomic E-state index is 0.558. The highest BCUT2D eigenvalue weighted by Gasteiger charge is 2.01. The number of rotatable bonds is 7. The van der Waals surface area contributed by atoms with Crippen LogP contribution in [0.2, 0.25) is 0 Å². The summed E-state index contributed by atoms with van der Waals surface area (Å²) >= 11 is 0. The van der Waals surface area contributed by atoms with Crippen molar-refractivity contribution in [2.24, 2.45) is 0 Å². The number of nitrogens with one attached hydrogen (secondary N) is 1. The molecule has 1 aromatic carbocycles. The normalized spacial score (nSPS) is 11.2. The molecule has 0 radical (unpaired) electrons. The molecule has 108 valence electrons. The molecule has 1 heterocycles. The maximum Gasteiger partial charge on any atom is 0.108 e. The molecule has 2 aromatic rings. The molecular formula is C17H25N3. The van der Waals surface area contributed by atoms with Crippen LogP contribution >= 0.6 is 0 Å². The van der Waals surface area contributed by atoms with Gasteiger partial charge in [-0.05, 0) is 24.1 Å². The van der Waals surface area contributed by atoms with E-state index in [0.717, 1.165) is 31.8 Å². The molecule has 2 rings (SSSR count). The molecule has 1 aromatic heterocycles. The molecule has 0 atom stereocenters. The highest BCUT2D eigenvalue weighted by molar-refractivity contribution is 5.23. The fraction of sp³-hybridized carbons (Fsp3) is 0.471. The van der Waals surface area contributed by atoms with E-state index < -0.39 is 0 Å². The fourth-order valence-electron chi connectivity index (χ4n) is 2.31. The van der Waals surface area contributed by atoms with Gasteiger partial charge in [-0.25, -0.2) is 4.98 Å². The van der Waals surface area contributed by atoms with Gasteiger partial charge in [0.25, 0.3) is 0 Å². The van der Waals surface area contributed by atoms with Crippen molar-refractivity contribution in [3.05, 3.63) is 53.6 Å². The third kappa shape index (κ3) is 4.20. The number of hydrogen-bond donors (Lipinski definition) is 1. The molecule has 0 aliphatic carbocycles. The van der Waals surface area contributed by atoms with Crippen LogP contribution in [0.4, 0.5) is 0 Å². The molecule has 20 heavy (non-hydrogen) atoms. The molecule has 0 unspecified atom stereocenters. The van der Waals surface area contributed by atoms with Gasteiger partial charge < -0.3 is 9.88 Å². The Balaban J connectivity index is 1.91. The van der Waals surface area contributed by atoms with Gasteiger partial charge in [-0.3, -0.25) is 0 Å². The smallest absolute Gasteiger partial charge is 0.108 e. The quantitative estimate of drug-likeness (QED) is 0.839. The average Bonchev–Trinajstić information content (AvgIpc) is 2.87. The Morgan fingerprint density at radius 1 is 1.15 bits per heavy atom. The summed E-state index contributed by atoms with van der Waals surface area (Å²) in [6.45, 7) is 8.45. The van der Waals surface area contributed by atoms with Crippen molar-refractivity contribution in [3.63, 3.8) is 0 Å². The van der Waals surface area contributed by atoms with Crippen LogP contribution in [0, 0.1) is 0 Å². The second-order valence-corrected chi connectivity index (χ2v) is 5.50. The summed E-state index contributed by atoms with van der Waals surface area (Å²) in [5, 5.41) is 3.45. The van der Waals surface area contributed by atoms with Crippen molar-refractivity contribution in [3.8, 4) is 0 Å². The third-order valence-corrected chi connectivity index (χ3v) is 3.46. The summed E-state index contributed by atoms with van der Waals surface area (Å²) in [6.07, 6.45) is 6.00. The van der Waals surface area contributed by atoms with E-state index in [2.05, 4.69) is 66.1 Å². The van der Waals surface area contributed by atoms with Crippen molar-refractivity contribution < 1.29 is 0 Å². The van der Waals surface area contributed by atoms with E-state index >= 15 is 0 Å². The molecule has 0 amide bonds. The minimum atomic E-state index is 0.558. The lowest BCUT2D eigenvalue weighted by Crippen LogP contribution is -2.24. The lowest BCUT2D eigenvalue weighted by atomic mass is 10.1. The van der Waals surface area contributed by atoms with E-state index in [-0.39, 0.29) is 0 Å². The Hall–Kier alpha value is -1.61. The second-order valence-electron chi connectivity index (χ2n) is 5.50. The summed E-state index contributed by atoms with van der Waals surface area (Å²) in [6, 6.07) is 9.48. The van der Waals surface area contributed by atoms with Gasteiger partial charge in [0, 0.05) is 31.4 Å². The maximum atomic E-state index is 4.36. The van der Waals surface area contributed by atoms with Gasteiger partial charge in [0.05, 0.1) is 0 Å². The largest absolute Gasteiger partial charge is 0.331 e. The molecule has 3 nitrogen and oxygen atoms in total. The maximum absolute atomic E-state index is 4.36. The van der Waals surface area contributed by atoms with Crippen molar-refractivity contribution in [2.75, 3.05) is 6.54 Å². The Morgan fingerprint density at radius 2 is 1.85 bits per heavy atom. The fourth-order valence-corrected chi connectivity index (χ4v) is 2.31. The molecule has 0 aliphatic rings. The van der Waals surface area contributed by atoms with Crippen molar-refractivity contribution in [1.82, 2.24) is 14.9 Å². The Kier molecular flexibility index (Phi) is 5.36. The second kappa shape index (κ2) is 7.25. The van der Waals surface area contributed by atoms with Crippen LogP contribution in [0.5, 0.6) is 0 Å². The van der Waals surface area contributed by atoms with Gasteiger partial charge in [0.15, 0.2) is 0 Å². The summed E-state index contributed by atoms with van der Waals surface area (Å²) in [4.78, 5) is 4.36. The van der Waals surface area contributed by atoms with Crippen LogP contribution in [-0.4, -0.2) is 22.1 Å². The molecule has 0 saturated carbocycles. The van der Waals surface area contributed by atoms with Crippen LogP contribution in [0.1, 0.15) is 37.7 Å². The SMILES string of the molecule is CCc1nccn1Cc1ccc(CCNC(C)C)cc1. The number of aryl methyl sites for hydroxylation is 1. The number of aromatic nitrogens is 2. The molecule has 0 saturated heterocycles. The lowest BCUT2D eigenvalue weighted by molar-refractivity contribution is 0.590. The van der Waals surface area contributed by atoms with Crippen LogP contribution in [0.15, 0.2) is 36.7 Å². The molecule has 0 spiro atoms. The Morgan fingerprint density at radius 3 is 2.50 bits per heavy atom. The van der Waals surface area contributed by atoms with Gasteiger partial charge >= 0.3 is 0 Å². The highest BCUT2D eigenvalue weighted by atomic mass is 15.1. The van der Waals surface area contributed by atoms with Gasteiger partial charge in [-0.1, -0.05) is 45.0 Å². The van der Waals surface area contributed by atoms with Gasteiger partial charge in [-0.2, -0.15) is 0 Å². The molecule has 1 N–H and O–H groups in total. The topological polar surface area (TPSA) is 29.9 Å². The minimum Gasteiger partial charge on any atom is -0.331 e. The lowest BCUT2D eigenvalue weighted by Gasteiger charge is -2.09. The molecular weight excluding hydrogens is 246 g/mol. The predicted octanol–water partition coefficient (Wildman–Crippen LogP) is 3.03. The standard InChI is InChI=1S/C17H25N3/c1-4-17-19-11-12-20(17)13-16-7-5-15(6-8-16)9-10-18-14(2)3/h5-8,11-12,14,18H,4,9-10,13H2,1-3H3. The first-order chi connectivity index (χ1) is 9.69. The first-order valence-corrected chi connectivity index (χ1v) is 7.50. The number of hydrogen-bond acceptors (Lipinski definition) is 2. The Labute approximate surface area is 122 Å². The van der Waals surface area contributed by atoms with E-state index in [1.807, 2.05) is 6.20 Å². The summed E-state index contributed by atoms with van der Waals surface area (Å²) < 4.78 is 2.22. The molecule has 0 bridgehead atoms. The highest BCUT2D eigenvalue weighted by Crippen LogP contribution is 2.09.